The summed E-state index contributed by atoms with van der Waals surface area (Å²) < 4.78 is 11.3. The van der Waals surface area contributed by atoms with E-state index in [1.165, 1.54) is 0 Å². The van der Waals surface area contributed by atoms with E-state index in [9.17, 15) is 4.79 Å². The third-order valence-corrected chi connectivity index (χ3v) is 4.53. The normalized spacial score (nSPS) is 15.5. The predicted octanol–water partition coefficient (Wildman–Crippen LogP) is 2.96. The molecule has 0 radical (unpaired) electrons. The fourth-order valence-corrected chi connectivity index (χ4v) is 3.24. The number of hydrogen-bond donors (Lipinski definition) is 0. The van der Waals surface area contributed by atoms with Gasteiger partial charge in [0.15, 0.2) is 6.61 Å². The van der Waals surface area contributed by atoms with Crippen LogP contribution < -0.4 is 19.3 Å². The highest BCUT2D eigenvalue weighted by Gasteiger charge is 2.31. The molecule has 2 aromatic carbocycles. The average molecular weight is 345 g/mol. The maximum absolute atomic E-state index is 12.6. The van der Waals surface area contributed by atoms with E-state index in [0.29, 0.717) is 23.9 Å². The number of halogens is 1. The van der Waals surface area contributed by atoms with Crippen molar-refractivity contribution < 1.29 is 14.3 Å². The minimum atomic E-state index is -0.0661. The molecule has 0 fully saturated rings. The van der Waals surface area contributed by atoms with Gasteiger partial charge in [0, 0.05) is 18.1 Å². The van der Waals surface area contributed by atoms with Crippen LogP contribution in [0.25, 0.3) is 0 Å². The second-order valence-electron chi connectivity index (χ2n) is 5.75. The summed E-state index contributed by atoms with van der Waals surface area (Å²) >= 11 is 5.85. The molecule has 0 spiro atoms. The number of para-hydroxylation sites is 1. The Labute approximate surface area is 145 Å². The number of ether oxygens (including phenoxy) is 2. The molecule has 0 N–H and O–H groups in total. The lowest BCUT2D eigenvalue weighted by Gasteiger charge is -2.40. The Kier molecular flexibility index (Phi) is 3.94. The molecular formula is C18H17ClN2O3. The van der Waals surface area contributed by atoms with E-state index in [1.807, 2.05) is 18.2 Å². The quantitative estimate of drug-likeness (QED) is 0.858. The van der Waals surface area contributed by atoms with Crippen LogP contribution in [0.15, 0.2) is 42.5 Å². The fourth-order valence-electron chi connectivity index (χ4n) is 3.12. The molecule has 0 aliphatic carbocycles. The number of benzene rings is 2. The molecule has 6 heteroatoms. The minimum Gasteiger partial charge on any atom is -0.489 e. The smallest absolute Gasteiger partial charge is 0.265 e. The van der Waals surface area contributed by atoms with Gasteiger partial charge in [-0.3, -0.25) is 4.79 Å². The van der Waals surface area contributed by atoms with Gasteiger partial charge in [0.1, 0.15) is 23.8 Å². The van der Waals surface area contributed by atoms with Crippen molar-refractivity contribution in [2.75, 3.05) is 42.6 Å². The summed E-state index contributed by atoms with van der Waals surface area (Å²) in [4.78, 5) is 16.7. The van der Waals surface area contributed by atoms with E-state index in [0.717, 1.165) is 30.2 Å². The molecule has 0 aromatic heterocycles. The second kappa shape index (κ2) is 6.24. The fraction of sp³-hybridized carbons (Fsp3) is 0.278. The monoisotopic (exact) mass is 344 g/mol. The molecule has 2 aromatic rings. The third-order valence-electron chi connectivity index (χ3n) is 4.27. The molecule has 0 unspecified atom stereocenters. The number of anilines is 2. The Morgan fingerprint density at radius 2 is 1.96 bits per heavy atom. The van der Waals surface area contributed by atoms with Crippen molar-refractivity contribution in [3.63, 3.8) is 0 Å². The molecule has 1 amide bonds. The summed E-state index contributed by atoms with van der Waals surface area (Å²) in [6.07, 6.45) is 0. The van der Waals surface area contributed by atoms with E-state index >= 15 is 0 Å². The zero-order valence-corrected chi connectivity index (χ0v) is 13.8. The Morgan fingerprint density at radius 1 is 1.12 bits per heavy atom. The minimum absolute atomic E-state index is 0.00778. The summed E-state index contributed by atoms with van der Waals surface area (Å²) in [7, 11) is 0. The SMILES string of the molecule is O=C(COc1ccc(Cl)cc1)N1CCN2CCOc3cccc1c32. The van der Waals surface area contributed by atoms with Crippen LogP contribution in [0, 0.1) is 0 Å². The van der Waals surface area contributed by atoms with Crippen molar-refractivity contribution in [3.8, 4) is 11.5 Å². The van der Waals surface area contributed by atoms with Gasteiger partial charge in [-0.1, -0.05) is 17.7 Å². The maximum Gasteiger partial charge on any atom is 0.265 e. The van der Waals surface area contributed by atoms with Gasteiger partial charge in [0.25, 0.3) is 5.91 Å². The number of carbonyl (C=O) groups is 1. The Bertz CT molecular complexity index is 763. The van der Waals surface area contributed by atoms with E-state index < -0.39 is 0 Å². The third kappa shape index (κ3) is 2.76. The first-order valence-corrected chi connectivity index (χ1v) is 8.30. The Morgan fingerprint density at radius 3 is 2.79 bits per heavy atom. The van der Waals surface area contributed by atoms with Gasteiger partial charge in [-0.15, -0.1) is 0 Å². The molecule has 0 atom stereocenters. The molecule has 2 heterocycles. The first-order chi connectivity index (χ1) is 11.7. The lowest BCUT2D eigenvalue weighted by Crippen LogP contribution is -2.48. The Hall–Kier alpha value is -2.40. The highest BCUT2D eigenvalue weighted by Crippen LogP contribution is 2.42. The molecule has 0 saturated carbocycles. The van der Waals surface area contributed by atoms with Crippen LogP contribution in [0.1, 0.15) is 0 Å². The molecule has 0 bridgehead atoms. The van der Waals surface area contributed by atoms with Crippen LogP contribution in [0.2, 0.25) is 5.02 Å². The number of hydrogen-bond acceptors (Lipinski definition) is 4. The summed E-state index contributed by atoms with van der Waals surface area (Å²) in [6.45, 7) is 2.99. The second-order valence-corrected chi connectivity index (χ2v) is 6.18. The first-order valence-electron chi connectivity index (χ1n) is 7.92. The van der Waals surface area contributed by atoms with Crippen molar-refractivity contribution >= 4 is 28.9 Å². The average Bonchev–Trinajstić information content (AvgIpc) is 2.62. The van der Waals surface area contributed by atoms with Gasteiger partial charge < -0.3 is 19.3 Å². The van der Waals surface area contributed by atoms with Crippen LogP contribution in [0.3, 0.4) is 0 Å². The zero-order chi connectivity index (χ0) is 16.5. The molecule has 2 aliphatic heterocycles. The van der Waals surface area contributed by atoms with Gasteiger partial charge in [-0.05, 0) is 36.4 Å². The number of amides is 1. The van der Waals surface area contributed by atoms with Crippen molar-refractivity contribution in [1.82, 2.24) is 0 Å². The predicted molar refractivity (Wildman–Crippen MR) is 93.5 cm³/mol. The van der Waals surface area contributed by atoms with E-state index in [1.54, 1.807) is 29.2 Å². The van der Waals surface area contributed by atoms with Crippen LogP contribution in [0.5, 0.6) is 11.5 Å². The number of rotatable bonds is 3. The summed E-state index contributed by atoms with van der Waals surface area (Å²) in [5.74, 6) is 1.41. The number of nitrogens with zero attached hydrogens (tertiary/aromatic N) is 2. The molecule has 124 valence electrons. The molecule has 5 nitrogen and oxygen atoms in total. The lowest BCUT2D eigenvalue weighted by molar-refractivity contribution is -0.120. The summed E-state index contributed by atoms with van der Waals surface area (Å²) in [6, 6.07) is 12.8. The largest absolute Gasteiger partial charge is 0.489 e. The number of carbonyl (C=O) groups excluding carboxylic acids is 1. The highest BCUT2D eigenvalue weighted by molar-refractivity contribution is 6.30. The molecule has 24 heavy (non-hydrogen) atoms. The summed E-state index contributed by atoms with van der Waals surface area (Å²) in [5, 5.41) is 0.640. The van der Waals surface area contributed by atoms with Crippen LogP contribution >= 0.6 is 11.6 Å². The van der Waals surface area contributed by atoms with E-state index in [2.05, 4.69) is 4.90 Å². The highest BCUT2D eigenvalue weighted by atomic mass is 35.5. The summed E-state index contributed by atoms with van der Waals surface area (Å²) in [5.41, 5.74) is 1.90. The van der Waals surface area contributed by atoms with Crippen molar-refractivity contribution in [3.05, 3.63) is 47.5 Å². The zero-order valence-electron chi connectivity index (χ0n) is 13.1. The topological polar surface area (TPSA) is 42.0 Å². The van der Waals surface area contributed by atoms with Gasteiger partial charge in [-0.25, -0.2) is 0 Å². The van der Waals surface area contributed by atoms with Crippen LogP contribution in [-0.2, 0) is 4.79 Å². The van der Waals surface area contributed by atoms with Gasteiger partial charge in [0.05, 0.1) is 12.2 Å². The standard InChI is InChI=1S/C18H17ClN2O3/c19-13-4-6-14(7-5-13)24-12-17(22)21-9-8-20-10-11-23-16-3-1-2-15(21)18(16)20/h1-7H,8-12H2. The van der Waals surface area contributed by atoms with Gasteiger partial charge in [-0.2, -0.15) is 0 Å². The maximum atomic E-state index is 12.6. The van der Waals surface area contributed by atoms with Gasteiger partial charge in [0.2, 0.25) is 0 Å². The first kappa shape index (κ1) is 15.1. The molecule has 0 saturated heterocycles. The van der Waals surface area contributed by atoms with Crippen LogP contribution in [0.4, 0.5) is 11.4 Å². The van der Waals surface area contributed by atoms with Crippen molar-refractivity contribution in [1.29, 1.82) is 0 Å². The van der Waals surface area contributed by atoms with Crippen molar-refractivity contribution in [2.24, 2.45) is 0 Å². The van der Waals surface area contributed by atoms with E-state index in [4.69, 9.17) is 21.1 Å². The Balaban J connectivity index is 1.52. The van der Waals surface area contributed by atoms with Crippen LogP contribution in [-0.4, -0.2) is 38.8 Å². The van der Waals surface area contributed by atoms with Gasteiger partial charge >= 0.3 is 0 Å². The van der Waals surface area contributed by atoms with E-state index in [-0.39, 0.29) is 12.5 Å². The molecular weight excluding hydrogens is 328 g/mol. The molecule has 2 aliphatic rings. The molecule has 4 rings (SSSR count). The van der Waals surface area contributed by atoms with Crippen molar-refractivity contribution in [2.45, 2.75) is 0 Å². The lowest BCUT2D eigenvalue weighted by atomic mass is 10.1.